The number of aliphatic hydroxyl groups is 1. The third-order valence-electron chi connectivity index (χ3n) is 3.62. The molecule has 0 saturated heterocycles. The van der Waals surface area contributed by atoms with Crippen molar-refractivity contribution in [1.29, 1.82) is 0 Å². The molecule has 110 valence electrons. The molecule has 2 N–H and O–H groups in total. The van der Waals surface area contributed by atoms with Crippen LogP contribution < -0.4 is 10.2 Å². The number of nitrogens with one attached hydrogen (secondary N) is 1. The number of likely N-dealkylation sites (N-methyl/N-ethyl adjacent to an activating group) is 1. The summed E-state index contributed by atoms with van der Waals surface area (Å²) in [5, 5.41) is 11.9. The smallest absolute Gasteiger partial charge is 0.321 e. The monoisotopic (exact) mass is 277 g/mol. The van der Waals surface area contributed by atoms with Crippen LogP contribution in [0.5, 0.6) is 0 Å². The molecule has 1 aromatic rings. The highest BCUT2D eigenvalue weighted by atomic mass is 16.3. The molecule has 0 spiro atoms. The number of hydrogen-bond donors (Lipinski definition) is 2. The van der Waals surface area contributed by atoms with Gasteiger partial charge < -0.3 is 20.2 Å². The van der Waals surface area contributed by atoms with Crippen molar-refractivity contribution < 1.29 is 9.90 Å². The minimum Gasteiger partial charge on any atom is -0.395 e. The van der Waals surface area contributed by atoms with Crippen molar-refractivity contribution in [1.82, 2.24) is 4.90 Å². The Labute approximate surface area is 120 Å². The first-order chi connectivity index (χ1) is 9.65. The van der Waals surface area contributed by atoms with Crippen molar-refractivity contribution in [3.05, 3.63) is 23.8 Å². The lowest BCUT2D eigenvalue weighted by Crippen LogP contribution is -2.37. The van der Waals surface area contributed by atoms with Crippen molar-refractivity contribution >= 4 is 17.4 Å². The number of anilines is 2. The number of rotatable bonds is 5. The van der Waals surface area contributed by atoms with E-state index >= 15 is 0 Å². The molecule has 2 rings (SSSR count). The fourth-order valence-corrected chi connectivity index (χ4v) is 2.53. The summed E-state index contributed by atoms with van der Waals surface area (Å²) >= 11 is 0. The van der Waals surface area contributed by atoms with Crippen LogP contribution in [0.3, 0.4) is 0 Å². The van der Waals surface area contributed by atoms with Gasteiger partial charge in [-0.3, -0.25) is 0 Å². The van der Waals surface area contributed by atoms with E-state index in [1.54, 1.807) is 4.90 Å². The van der Waals surface area contributed by atoms with Gasteiger partial charge >= 0.3 is 6.03 Å². The maximum Gasteiger partial charge on any atom is 0.321 e. The second-order valence-corrected chi connectivity index (χ2v) is 5.16. The van der Waals surface area contributed by atoms with Crippen molar-refractivity contribution in [2.45, 2.75) is 19.8 Å². The number of fused-ring (bicyclic) bond motifs is 1. The molecule has 5 heteroatoms. The van der Waals surface area contributed by atoms with Gasteiger partial charge in [-0.05, 0) is 30.5 Å². The largest absolute Gasteiger partial charge is 0.395 e. The number of benzene rings is 1. The van der Waals surface area contributed by atoms with Gasteiger partial charge in [0.05, 0.1) is 6.61 Å². The Balaban J connectivity index is 2.05. The number of amides is 2. The van der Waals surface area contributed by atoms with Crippen LogP contribution in [0.4, 0.5) is 16.2 Å². The van der Waals surface area contributed by atoms with E-state index in [-0.39, 0.29) is 12.6 Å². The zero-order chi connectivity index (χ0) is 14.5. The summed E-state index contributed by atoms with van der Waals surface area (Å²) in [6.07, 6.45) is 1.94. The zero-order valence-corrected chi connectivity index (χ0v) is 12.2. The van der Waals surface area contributed by atoms with Gasteiger partial charge in [0.15, 0.2) is 0 Å². The lowest BCUT2D eigenvalue weighted by Gasteiger charge is -2.22. The lowest BCUT2D eigenvalue weighted by atomic mass is 10.1. The van der Waals surface area contributed by atoms with E-state index in [9.17, 15) is 4.79 Å². The van der Waals surface area contributed by atoms with Crippen LogP contribution in [0.1, 0.15) is 18.9 Å². The zero-order valence-electron chi connectivity index (χ0n) is 12.2. The van der Waals surface area contributed by atoms with Crippen molar-refractivity contribution in [3.63, 3.8) is 0 Å². The van der Waals surface area contributed by atoms with Crippen LogP contribution >= 0.6 is 0 Å². The van der Waals surface area contributed by atoms with Gasteiger partial charge in [-0.1, -0.05) is 13.0 Å². The fourth-order valence-electron chi connectivity index (χ4n) is 2.53. The number of carbonyl (C=O) groups excluding carboxylic acids is 1. The van der Waals surface area contributed by atoms with Gasteiger partial charge in [-0.15, -0.1) is 0 Å². The molecule has 0 atom stereocenters. The van der Waals surface area contributed by atoms with E-state index in [4.69, 9.17) is 5.11 Å². The highest BCUT2D eigenvalue weighted by Gasteiger charge is 2.17. The minimum absolute atomic E-state index is 0.0135. The summed E-state index contributed by atoms with van der Waals surface area (Å²) in [4.78, 5) is 16.0. The van der Waals surface area contributed by atoms with Gasteiger partial charge in [0.1, 0.15) is 0 Å². The molecule has 20 heavy (non-hydrogen) atoms. The van der Waals surface area contributed by atoms with Crippen molar-refractivity contribution in [2.24, 2.45) is 0 Å². The Morgan fingerprint density at radius 2 is 2.25 bits per heavy atom. The summed E-state index contributed by atoms with van der Waals surface area (Å²) in [5.74, 6) is 0. The maximum atomic E-state index is 12.2. The Bertz CT molecular complexity index is 470. The molecule has 0 radical (unpaired) electrons. The molecule has 0 bridgehead atoms. The first kappa shape index (κ1) is 14.7. The highest BCUT2D eigenvalue weighted by Crippen LogP contribution is 2.29. The van der Waals surface area contributed by atoms with Gasteiger partial charge in [-0.25, -0.2) is 4.79 Å². The van der Waals surface area contributed by atoms with Gasteiger partial charge in [0.2, 0.25) is 0 Å². The molecule has 0 aromatic heterocycles. The van der Waals surface area contributed by atoms with Crippen molar-refractivity contribution in [2.75, 3.05) is 43.5 Å². The molecule has 5 nitrogen and oxygen atoms in total. The molecular weight excluding hydrogens is 254 g/mol. The summed E-state index contributed by atoms with van der Waals surface area (Å²) in [6, 6.07) is 5.88. The van der Waals surface area contributed by atoms with Crippen LogP contribution in [0, 0.1) is 0 Å². The van der Waals surface area contributed by atoms with E-state index in [2.05, 4.69) is 23.3 Å². The Hall–Kier alpha value is -1.75. The molecule has 1 aliphatic heterocycles. The van der Waals surface area contributed by atoms with Crippen LogP contribution in [-0.2, 0) is 6.42 Å². The number of hydrogen-bond acceptors (Lipinski definition) is 3. The summed E-state index contributed by atoms with van der Waals surface area (Å²) < 4.78 is 0. The lowest BCUT2D eigenvalue weighted by molar-refractivity contribution is 0.188. The first-order valence-electron chi connectivity index (χ1n) is 7.16. The van der Waals surface area contributed by atoms with Crippen LogP contribution in [0.2, 0.25) is 0 Å². The van der Waals surface area contributed by atoms with Gasteiger partial charge in [0, 0.05) is 38.1 Å². The van der Waals surface area contributed by atoms with E-state index < -0.39 is 0 Å². The molecular formula is C15H23N3O2. The van der Waals surface area contributed by atoms with E-state index in [1.807, 2.05) is 19.1 Å². The molecule has 1 heterocycles. The van der Waals surface area contributed by atoms with Crippen molar-refractivity contribution in [3.8, 4) is 0 Å². The van der Waals surface area contributed by atoms with E-state index in [0.29, 0.717) is 13.1 Å². The van der Waals surface area contributed by atoms with Crippen LogP contribution in [0.15, 0.2) is 18.2 Å². The second kappa shape index (κ2) is 6.61. The standard InChI is InChI=1S/C15H23N3O2/c1-3-7-18(9-10-19)15(20)16-13-5-4-12-6-8-17(2)14(12)11-13/h4-5,11,19H,3,6-10H2,1-2H3,(H,16,20). The van der Waals surface area contributed by atoms with E-state index in [0.717, 1.165) is 25.1 Å². The van der Waals surface area contributed by atoms with Gasteiger partial charge in [-0.2, -0.15) is 0 Å². The quantitative estimate of drug-likeness (QED) is 0.864. The third-order valence-corrected chi connectivity index (χ3v) is 3.62. The molecule has 0 aliphatic carbocycles. The van der Waals surface area contributed by atoms with Crippen LogP contribution in [0.25, 0.3) is 0 Å². The van der Waals surface area contributed by atoms with Crippen LogP contribution in [-0.4, -0.2) is 49.3 Å². The Morgan fingerprint density at radius 3 is 2.95 bits per heavy atom. The fraction of sp³-hybridized carbons (Fsp3) is 0.533. The molecule has 0 unspecified atom stereocenters. The number of nitrogens with zero attached hydrogens (tertiary/aromatic N) is 2. The second-order valence-electron chi connectivity index (χ2n) is 5.16. The minimum atomic E-state index is -0.151. The maximum absolute atomic E-state index is 12.2. The third kappa shape index (κ3) is 3.22. The SMILES string of the molecule is CCCN(CCO)C(=O)Nc1ccc2c(c1)N(C)CC2. The first-order valence-corrected chi connectivity index (χ1v) is 7.16. The summed E-state index contributed by atoms with van der Waals surface area (Å²) in [6.45, 7) is 4.04. The molecule has 1 aliphatic rings. The predicted octanol–water partition coefficient (Wildman–Crippen LogP) is 1.92. The summed E-state index contributed by atoms with van der Waals surface area (Å²) in [7, 11) is 2.06. The Morgan fingerprint density at radius 1 is 1.45 bits per heavy atom. The Kier molecular flexibility index (Phi) is 4.84. The highest BCUT2D eigenvalue weighted by molar-refractivity contribution is 5.90. The summed E-state index contributed by atoms with van der Waals surface area (Å²) in [5.41, 5.74) is 3.32. The molecule has 2 amide bonds. The predicted molar refractivity (Wildman–Crippen MR) is 81.4 cm³/mol. The number of carbonyl (C=O) groups is 1. The van der Waals surface area contributed by atoms with E-state index in [1.165, 1.54) is 11.3 Å². The number of urea groups is 1. The average molecular weight is 277 g/mol. The molecule has 0 saturated carbocycles. The topological polar surface area (TPSA) is 55.8 Å². The molecule has 0 fully saturated rings. The average Bonchev–Trinajstić information content (AvgIpc) is 2.80. The number of aliphatic hydroxyl groups excluding tert-OH is 1. The van der Waals surface area contributed by atoms with Gasteiger partial charge in [0.25, 0.3) is 0 Å². The normalized spacial score (nSPS) is 13.2. The molecule has 1 aromatic carbocycles.